The molecule has 0 atom stereocenters. The zero-order valence-corrected chi connectivity index (χ0v) is 15.2. The fourth-order valence-corrected chi connectivity index (χ4v) is 2.59. The fourth-order valence-electron chi connectivity index (χ4n) is 2.59. The maximum absolute atomic E-state index is 11.6. The quantitative estimate of drug-likeness (QED) is 0.377. The minimum atomic E-state index is -0.380. The monoisotopic (exact) mass is 348 g/mol. The Morgan fingerprint density at radius 2 is 2.16 bits per heavy atom. The smallest absolute Gasteiger partial charge is 0.294 e. The van der Waals surface area contributed by atoms with Gasteiger partial charge < -0.3 is 19.9 Å². The Morgan fingerprint density at radius 1 is 1.48 bits per heavy atom. The van der Waals surface area contributed by atoms with Crippen LogP contribution in [-0.2, 0) is 0 Å². The van der Waals surface area contributed by atoms with E-state index in [1.54, 1.807) is 26.3 Å². The second kappa shape index (κ2) is 7.93. The molecule has 25 heavy (non-hydrogen) atoms. The first-order valence-electron chi connectivity index (χ1n) is 7.91. The van der Waals surface area contributed by atoms with E-state index in [0.717, 1.165) is 13.1 Å². The van der Waals surface area contributed by atoms with Gasteiger partial charge in [-0.25, -0.2) is 4.99 Å². The van der Waals surface area contributed by atoms with Crippen molar-refractivity contribution in [3.63, 3.8) is 0 Å². The SMILES string of the molecule is C/C=N\C(=NC)Nc1cc([N+](=O)[O-])c(N2CC(N(C)C)C2)cc1OC. The number of methoxy groups -OCH3 is 1. The van der Waals surface area contributed by atoms with E-state index >= 15 is 0 Å². The van der Waals surface area contributed by atoms with Crippen LogP contribution in [-0.4, -0.2) is 69.4 Å². The molecule has 0 unspecified atom stereocenters. The molecule has 1 aliphatic heterocycles. The van der Waals surface area contributed by atoms with Crippen molar-refractivity contribution in [1.29, 1.82) is 0 Å². The molecule has 9 nitrogen and oxygen atoms in total. The van der Waals surface area contributed by atoms with Crippen molar-refractivity contribution in [1.82, 2.24) is 4.90 Å². The average molecular weight is 348 g/mol. The van der Waals surface area contributed by atoms with Crippen molar-refractivity contribution in [2.24, 2.45) is 9.98 Å². The Labute approximate surface area is 147 Å². The molecule has 2 rings (SSSR count). The van der Waals surface area contributed by atoms with Crippen LogP contribution in [0.2, 0.25) is 0 Å². The van der Waals surface area contributed by atoms with Crippen LogP contribution in [0.15, 0.2) is 22.1 Å². The van der Waals surface area contributed by atoms with Crippen LogP contribution in [0.25, 0.3) is 0 Å². The molecule has 0 aromatic heterocycles. The molecule has 0 aliphatic carbocycles. The Balaban J connectivity index is 2.38. The van der Waals surface area contributed by atoms with E-state index in [1.165, 1.54) is 13.2 Å². The van der Waals surface area contributed by atoms with Crippen LogP contribution in [0.1, 0.15) is 6.92 Å². The molecule has 0 saturated carbocycles. The standard InChI is InChI=1S/C16H24N6O3/c1-6-18-16(17-2)19-12-7-14(22(23)24)13(8-15(12)25-5)21-9-11(10-21)20(3)4/h6-8,11H,9-10H2,1-5H3,(H,17,19)/b18-6-. The summed E-state index contributed by atoms with van der Waals surface area (Å²) in [6.45, 7) is 3.25. The summed E-state index contributed by atoms with van der Waals surface area (Å²) in [5.74, 6) is 0.848. The van der Waals surface area contributed by atoms with Crippen LogP contribution in [0.5, 0.6) is 5.75 Å². The van der Waals surface area contributed by atoms with Crippen molar-refractivity contribution < 1.29 is 9.66 Å². The van der Waals surface area contributed by atoms with Crippen LogP contribution in [0.3, 0.4) is 0 Å². The Bertz CT molecular complexity index is 695. The molecule has 0 amide bonds. The lowest BCUT2D eigenvalue weighted by Crippen LogP contribution is -2.57. The molecule has 0 bridgehead atoms. The number of rotatable bonds is 5. The molecule has 136 valence electrons. The predicted molar refractivity (Wildman–Crippen MR) is 100 cm³/mol. The lowest BCUT2D eigenvalue weighted by atomic mass is 10.1. The minimum absolute atomic E-state index is 0.0245. The van der Waals surface area contributed by atoms with E-state index < -0.39 is 0 Å². The minimum Gasteiger partial charge on any atom is -0.494 e. The number of guanidine groups is 1. The third-order valence-corrected chi connectivity index (χ3v) is 4.14. The van der Waals surface area contributed by atoms with E-state index in [0.29, 0.717) is 29.1 Å². The molecule has 1 heterocycles. The van der Waals surface area contributed by atoms with Crippen LogP contribution in [0.4, 0.5) is 17.1 Å². The van der Waals surface area contributed by atoms with E-state index in [2.05, 4.69) is 20.2 Å². The molecule has 0 radical (unpaired) electrons. The highest BCUT2D eigenvalue weighted by Crippen LogP contribution is 2.40. The number of nitro groups is 1. The van der Waals surface area contributed by atoms with Crippen molar-refractivity contribution in [3.05, 3.63) is 22.2 Å². The summed E-state index contributed by atoms with van der Waals surface area (Å²) in [7, 11) is 7.13. The zero-order valence-electron chi connectivity index (χ0n) is 15.2. The van der Waals surface area contributed by atoms with Gasteiger partial charge in [0, 0.05) is 44.5 Å². The van der Waals surface area contributed by atoms with Gasteiger partial charge in [-0.05, 0) is 21.0 Å². The summed E-state index contributed by atoms with van der Waals surface area (Å²) in [5.41, 5.74) is 1.03. The number of ether oxygens (including phenoxy) is 1. The third kappa shape index (κ3) is 4.05. The summed E-state index contributed by atoms with van der Waals surface area (Å²) < 4.78 is 5.41. The molecule has 1 fully saturated rings. The Kier molecular flexibility index (Phi) is 5.92. The number of benzene rings is 1. The molecule has 1 N–H and O–H groups in total. The van der Waals surface area contributed by atoms with E-state index in [-0.39, 0.29) is 10.6 Å². The first kappa shape index (κ1) is 18.7. The van der Waals surface area contributed by atoms with Gasteiger partial charge in [-0.15, -0.1) is 0 Å². The van der Waals surface area contributed by atoms with Crippen LogP contribution < -0.4 is 15.0 Å². The second-order valence-electron chi connectivity index (χ2n) is 5.88. The molecule has 9 heteroatoms. The van der Waals surface area contributed by atoms with E-state index in [4.69, 9.17) is 4.74 Å². The van der Waals surface area contributed by atoms with Crippen molar-refractivity contribution in [2.75, 3.05) is 51.6 Å². The van der Waals surface area contributed by atoms with Gasteiger partial charge in [0.25, 0.3) is 5.69 Å². The number of likely N-dealkylation sites (N-methyl/N-ethyl adjacent to an activating group) is 1. The number of nitrogens with zero attached hydrogens (tertiary/aromatic N) is 5. The maximum Gasteiger partial charge on any atom is 0.294 e. The molecule has 1 aromatic carbocycles. The van der Waals surface area contributed by atoms with Gasteiger partial charge in [0.05, 0.1) is 17.7 Å². The predicted octanol–water partition coefficient (Wildman–Crippen LogP) is 1.84. The van der Waals surface area contributed by atoms with E-state index in [1.807, 2.05) is 19.0 Å². The van der Waals surface area contributed by atoms with Gasteiger partial charge in [0.15, 0.2) is 0 Å². The highest BCUT2D eigenvalue weighted by Gasteiger charge is 2.33. The number of anilines is 2. The van der Waals surface area contributed by atoms with Gasteiger partial charge in [0.1, 0.15) is 11.4 Å². The summed E-state index contributed by atoms with van der Waals surface area (Å²) in [6.07, 6.45) is 1.59. The lowest BCUT2D eigenvalue weighted by Gasteiger charge is -2.44. The number of hydrogen-bond donors (Lipinski definition) is 1. The summed E-state index contributed by atoms with van der Waals surface area (Å²) in [6, 6.07) is 3.55. The molecule has 1 aliphatic rings. The van der Waals surface area contributed by atoms with Gasteiger partial charge in [0.2, 0.25) is 5.96 Å². The van der Waals surface area contributed by atoms with Crippen LogP contribution >= 0.6 is 0 Å². The molecule has 0 spiro atoms. The second-order valence-corrected chi connectivity index (χ2v) is 5.88. The average Bonchev–Trinajstić information content (AvgIpc) is 2.52. The number of nitrogens with one attached hydrogen (secondary N) is 1. The Morgan fingerprint density at radius 3 is 2.64 bits per heavy atom. The fraction of sp³-hybridized carbons (Fsp3) is 0.500. The normalized spacial score (nSPS) is 15.6. The molecular formula is C16H24N6O3. The highest BCUT2D eigenvalue weighted by atomic mass is 16.6. The zero-order chi connectivity index (χ0) is 18.6. The van der Waals surface area contributed by atoms with Crippen molar-refractivity contribution in [3.8, 4) is 5.75 Å². The van der Waals surface area contributed by atoms with Gasteiger partial charge in [-0.3, -0.25) is 15.1 Å². The summed E-state index contributed by atoms with van der Waals surface area (Å²) >= 11 is 0. The van der Waals surface area contributed by atoms with Gasteiger partial charge in [-0.1, -0.05) is 0 Å². The first-order chi connectivity index (χ1) is 11.9. The highest BCUT2D eigenvalue weighted by molar-refractivity contribution is 5.99. The summed E-state index contributed by atoms with van der Waals surface area (Å²) in [5, 5.41) is 14.5. The Hall–Kier alpha value is -2.68. The topological polar surface area (TPSA) is 95.6 Å². The number of hydrogen-bond acceptors (Lipinski definition) is 6. The van der Waals surface area contributed by atoms with Crippen molar-refractivity contribution >= 4 is 29.2 Å². The van der Waals surface area contributed by atoms with Gasteiger partial charge in [-0.2, -0.15) is 0 Å². The molecule has 1 saturated heterocycles. The third-order valence-electron chi connectivity index (χ3n) is 4.14. The van der Waals surface area contributed by atoms with Gasteiger partial charge >= 0.3 is 0 Å². The molecule has 1 aromatic rings. The van der Waals surface area contributed by atoms with E-state index in [9.17, 15) is 10.1 Å². The van der Waals surface area contributed by atoms with Crippen LogP contribution in [0, 0.1) is 10.1 Å². The lowest BCUT2D eigenvalue weighted by molar-refractivity contribution is -0.384. The first-order valence-corrected chi connectivity index (χ1v) is 7.91. The number of nitro benzene ring substituents is 1. The maximum atomic E-state index is 11.6. The number of aliphatic imine (C=N–C) groups is 2. The molecular weight excluding hydrogens is 324 g/mol. The largest absolute Gasteiger partial charge is 0.494 e. The summed E-state index contributed by atoms with van der Waals surface area (Å²) in [4.78, 5) is 23.3. The van der Waals surface area contributed by atoms with Crippen molar-refractivity contribution in [2.45, 2.75) is 13.0 Å².